The van der Waals surface area contributed by atoms with Crippen molar-refractivity contribution in [1.29, 1.82) is 0 Å². The van der Waals surface area contributed by atoms with E-state index in [1.165, 1.54) is 6.07 Å². The minimum atomic E-state index is -0.708. The number of benzene rings is 1. The van der Waals surface area contributed by atoms with Crippen LogP contribution in [0.2, 0.25) is 0 Å². The van der Waals surface area contributed by atoms with Gasteiger partial charge in [-0.1, -0.05) is 18.2 Å². The van der Waals surface area contributed by atoms with Crippen molar-refractivity contribution < 1.29 is 14.3 Å². The molecule has 0 amide bonds. The predicted molar refractivity (Wildman–Crippen MR) is 66.9 cm³/mol. The van der Waals surface area contributed by atoms with Gasteiger partial charge < -0.3 is 10.0 Å². The van der Waals surface area contributed by atoms with E-state index in [0.29, 0.717) is 25.1 Å². The number of hydrogen-bond donors (Lipinski definition) is 1. The molecule has 0 atom stereocenters. The summed E-state index contributed by atoms with van der Waals surface area (Å²) in [6.45, 7) is 1.23. The molecule has 4 heteroatoms. The number of nitrogens with zero attached hydrogens (tertiary/aromatic N) is 1. The quantitative estimate of drug-likeness (QED) is 0.842. The average molecular weight is 251 g/mol. The molecule has 18 heavy (non-hydrogen) atoms. The lowest BCUT2D eigenvalue weighted by Crippen LogP contribution is -2.33. The summed E-state index contributed by atoms with van der Waals surface area (Å²) in [7, 11) is 1.89. The summed E-state index contributed by atoms with van der Waals surface area (Å²) < 4.78 is 13.4. The smallest absolute Gasteiger partial charge is 0.310 e. The summed E-state index contributed by atoms with van der Waals surface area (Å²) in [5.74, 6) is -0.898. The van der Waals surface area contributed by atoms with Crippen molar-refractivity contribution in [2.24, 2.45) is 5.41 Å². The molecule has 1 fully saturated rings. The van der Waals surface area contributed by atoms with Crippen LogP contribution in [-0.2, 0) is 11.2 Å². The minimum absolute atomic E-state index is 0.190. The van der Waals surface area contributed by atoms with E-state index in [1.54, 1.807) is 12.1 Å². The highest BCUT2D eigenvalue weighted by molar-refractivity contribution is 5.78. The molecule has 1 aliphatic carbocycles. The second-order valence-corrected chi connectivity index (χ2v) is 5.16. The Morgan fingerprint density at radius 2 is 2.11 bits per heavy atom. The van der Waals surface area contributed by atoms with Crippen LogP contribution in [0.5, 0.6) is 0 Å². The second-order valence-electron chi connectivity index (χ2n) is 5.16. The predicted octanol–water partition coefficient (Wildman–Crippen LogP) is 2.16. The molecule has 0 radical (unpaired) electrons. The Labute approximate surface area is 106 Å². The van der Waals surface area contributed by atoms with Crippen molar-refractivity contribution in [2.75, 3.05) is 20.1 Å². The molecule has 1 saturated carbocycles. The monoisotopic (exact) mass is 251 g/mol. The molecule has 1 aromatic carbocycles. The fourth-order valence-corrected chi connectivity index (χ4v) is 2.20. The van der Waals surface area contributed by atoms with E-state index in [0.717, 1.165) is 12.8 Å². The fourth-order valence-electron chi connectivity index (χ4n) is 2.20. The van der Waals surface area contributed by atoms with E-state index >= 15 is 0 Å². The van der Waals surface area contributed by atoms with Gasteiger partial charge in [0.05, 0.1) is 5.41 Å². The number of aliphatic carboxylic acids is 1. The SMILES string of the molecule is CN(CCc1ccccc1F)CC1(C(=O)O)CC1. The zero-order valence-corrected chi connectivity index (χ0v) is 10.5. The zero-order chi connectivity index (χ0) is 13.2. The first kappa shape index (κ1) is 13.0. The summed E-state index contributed by atoms with van der Waals surface area (Å²) in [5, 5.41) is 9.10. The number of likely N-dealkylation sites (N-methyl/N-ethyl adjacent to an activating group) is 1. The van der Waals surface area contributed by atoms with Crippen molar-refractivity contribution in [1.82, 2.24) is 4.90 Å². The summed E-state index contributed by atoms with van der Waals surface area (Å²) in [6.07, 6.45) is 2.12. The van der Waals surface area contributed by atoms with Crippen LogP contribution in [0.4, 0.5) is 4.39 Å². The van der Waals surface area contributed by atoms with Gasteiger partial charge in [0.1, 0.15) is 5.82 Å². The Kier molecular flexibility index (Phi) is 3.66. The molecule has 0 bridgehead atoms. The first-order valence-corrected chi connectivity index (χ1v) is 6.19. The third-order valence-electron chi connectivity index (χ3n) is 3.60. The first-order valence-electron chi connectivity index (χ1n) is 6.19. The van der Waals surface area contributed by atoms with E-state index in [2.05, 4.69) is 0 Å². The molecule has 1 aliphatic rings. The van der Waals surface area contributed by atoms with E-state index in [-0.39, 0.29) is 5.82 Å². The normalized spacial score (nSPS) is 16.8. The van der Waals surface area contributed by atoms with Crippen LogP contribution in [0.1, 0.15) is 18.4 Å². The Morgan fingerprint density at radius 1 is 1.44 bits per heavy atom. The topological polar surface area (TPSA) is 40.5 Å². The van der Waals surface area contributed by atoms with E-state index < -0.39 is 11.4 Å². The van der Waals surface area contributed by atoms with Crippen molar-refractivity contribution in [3.05, 3.63) is 35.6 Å². The Morgan fingerprint density at radius 3 is 2.67 bits per heavy atom. The van der Waals surface area contributed by atoms with Gasteiger partial charge in [-0.15, -0.1) is 0 Å². The molecule has 0 unspecified atom stereocenters. The van der Waals surface area contributed by atoms with Crippen LogP contribution in [0.15, 0.2) is 24.3 Å². The van der Waals surface area contributed by atoms with Crippen LogP contribution < -0.4 is 0 Å². The zero-order valence-electron chi connectivity index (χ0n) is 10.5. The molecule has 1 N–H and O–H groups in total. The van der Waals surface area contributed by atoms with E-state index in [9.17, 15) is 9.18 Å². The average Bonchev–Trinajstić information content (AvgIpc) is 3.09. The molecule has 3 nitrogen and oxygen atoms in total. The Bertz CT molecular complexity index is 443. The van der Waals surface area contributed by atoms with E-state index in [4.69, 9.17) is 5.11 Å². The Hall–Kier alpha value is -1.42. The van der Waals surface area contributed by atoms with Crippen LogP contribution in [0.25, 0.3) is 0 Å². The van der Waals surface area contributed by atoms with Crippen LogP contribution in [-0.4, -0.2) is 36.1 Å². The fraction of sp³-hybridized carbons (Fsp3) is 0.500. The minimum Gasteiger partial charge on any atom is -0.481 e. The van der Waals surface area contributed by atoms with Gasteiger partial charge in [-0.3, -0.25) is 4.79 Å². The van der Waals surface area contributed by atoms with Gasteiger partial charge in [-0.05, 0) is 37.9 Å². The third kappa shape index (κ3) is 2.88. The number of carbonyl (C=O) groups is 1. The lowest BCUT2D eigenvalue weighted by molar-refractivity contribution is -0.144. The van der Waals surface area contributed by atoms with Gasteiger partial charge in [-0.2, -0.15) is 0 Å². The summed E-state index contributed by atoms with van der Waals surface area (Å²) in [6, 6.07) is 6.71. The molecule has 98 valence electrons. The van der Waals surface area contributed by atoms with Crippen LogP contribution >= 0.6 is 0 Å². The molecular weight excluding hydrogens is 233 g/mol. The van der Waals surface area contributed by atoms with Crippen molar-refractivity contribution in [3.63, 3.8) is 0 Å². The number of carboxylic acids is 1. The van der Waals surface area contributed by atoms with Gasteiger partial charge in [0.2, 0.25) is 0 Å². The molecule has 0 saturated heterocycles. The van der Waals surface area contributed by atoms with Gasteiger partial charge in [0, 0.05) is 13.1 Å². The first-order chi connectivity index (χ1) is 8.53. The number of carboxylic acid groups (broad SMARTS) is 1. The highest BCUT2D eigenvalue weighted by atomic mass is 19.1. The van der Waals surface area contributed by atoms with Crippen molar-refractivity contribution in [2.45, 2.75) is 19.3 Å². The Balaban J connectivity index is 1.84. The molecule has 0 spiro atoms. The van der Waals surface area contributed by atoms with Crippen molar-refractivity contribution in [3.8, 4) is 0 Å². The van der Waals surface area contributed by atoms with Gasteiger partial charge in [-0.25, -0.2) is 4.39 Å². The highest BCUT2D eigenvalue weighted by Crippen LogP contribution is 2.46. The molecule has 1 aromatic rings. The van der Waals surface area contributed by atoms with E-state index in [1.807, 2.05) is 18.0 Å². The van der Waals surface area contributed by atoms with Crippen LogP contribution in [0.3, 0.4) is 0 Å². The lowest BCUT2D eigenvalue weighted by atomic mass is 10.1. The summed E-state index contributed by atoms with van der Waals surface area (Å²) >= 11 is 0. The van der Waals surface area contributed by atoms with Crippen LogP contribution in [0, 0.1) is 11.2 Å². The maximum atomic E-state index is 13.4. The largest absolute Gasteiger partial charge is 0.481 e. The molecule has 0 aliphatic heterocycles. The number of rotatable bonds is 6. The lowest BCUT2D eigenvalue weighted by Gasteiger charge is -2.20. The molecule has 0 aromatic heterocycles. The third-order valence-corrected chi connectivity index (χ3v) is 3.60. The molecule has 2 rings (SSSR count). The number of hydrogen-bond acceptors (Lipinski definition) is 2. The molecular formula is C14H18FNO2. The van der Waals surface area contributed by atoms with Gasteiger partial charge in [0.15, 0.2) is 0 Å². The highest BCUT2D eigenvalue weighted by Gasteiger charge is 2.50. The van der Waals surface area contributed by atoms with Gasteiger partial charge in [0.25, 0.3) is 0 Å². The standard InChI is InChI=1S/C14H18FNO2/c1-16(10-14(7-8-14)13(17)18)9-6-11-4-2-3-5-12(11)15/h2-5H,6-10H2,1H3,(H,17,18). The summed E-state index contributed by atoms with van der Waals surface area (Å²) in [5.41, 5.74) is 0.147. The maximum Gasteiger partial charge on any atom is 0.310 e. The van der Waals surface area contributed by atoms with Gasteiger partial charge >= 0.3 is 5.97 Å². The number of halogens is 1. The second kappa shape index (κ2) is 5.06. The molecule has 0 heterocycles. The summed E-state index contributed by atoms with van der Waals surface area (Å²) in [4.78, 5) is 13.0. The maximum absolute atomic E-state index is 13.4. The van der Waals surface area contributed by atoms with Crippen molar-refractivity contribution >= 4 is 5.97 Å².